The summed E-state index contributed by atoms with van der Waals surface area (Å²) in [6, 6.07) is 15.0. The molecule has 4 rings (SSSR count). The summed E-state index contributed by atoms with van der Waals surface area (Å²) in [5, 5.41) is 4.92. The van der Waals surface area contributed by atoms with E-state index < -0.39 is 28.3 Å². The lowest BCUT2D eigenvalue weighted by Gasteiger charge is -2.22. The lowest BCUT2D eigenvalue weighted by molar-refractivity contribution is -0.114. The molecule has 0 aromatic heterocycles. The Morgan fingerprint density at radius 1 is 1.07 bits per heavy atom. The first-order valence-electron chi connectivity index (χ1n) is 8.89. The molecule has 5 nitrogen and oxygen atoms in total. The Morgan fingerprint density at radius 3 is 2.50 bits per heavy atom. The van der Waals surface area contributed by atoms with E-state index >= 15 is 0 Å². The first kappa shape index (κ1) is 18.4. The van der Waals surface area contributed by atoms with Crippen LogP contribution in [0, 0.1) is 5.82 Å². The first-order chi connectivity index (χ1) is 13.3. The van der Waals surface area contributed by atoms with Crippen molar-refractivity contribution < 1.29 is 17.6 Å². The topological polar surface area (TPSA) is 66.5 Å². The second kappa shape index (κ2) is 6.91. The Kier molecular flexibility index (Phi) is 4.55. The molecule has 3 aromatic rings. The van der Waals surface area contributed by atoms with Gasteiger partial charge >= 0.3 is 0 Å². The number of nitrogens with zero attached hydrogens (tertiary/aromatic N) is 1. The second-order valence-electron chi connectivity index (χ2n) is 6.91. The maximum absolute atomic E-state index is 13.5. The SMILES string of the molecule is CS(=O)(=O)N(CC(=O)Nc1ccc2c3c(cccc13)CC2)c1cccc(F)c1. The zero-order valence-electron chi connectivity index (χ0n) is 15.3. The number of carbonyl (C=O) groups is 1. The molecule has 28 heavy (non-hydrogen) atoms. The standard InChI is InChI=1S/C21H19FN2O3S/c1-28(26,27)24(17-6-3-5-16(22)12-17)13-20(25)23-19-11-10-15-9-8-14-4-2-7-18(19)21(14)15/h2-7,10-12H,8-9,13H2,1H3,(H,23,25). The summed E-state index contributed by atoms with van der Waals surface area (Å²) in [5.74, 6) is -1.06. The van der Waals surface area contributed by atoms with Crippen molar-refractivity contribution in [3.8, 4) is 0 Å². The van der Waals surface area contributed by atoms with Crippen LogP contribution in [0.3, 0.4) is 0 Å². The number of halogens is 1. The van der Waals surface area contributed by atoms with Gasteiger partial charge in [0.25, 0.3) is 0 Å². The van der Waals surface area contributed by atoms with Crippen LogP contribution in [-0.4, -0.2) is 27.1 Å². The fraction of sp³-hybridized carbons (Fsp3) is 0.190. The van der Waals surface area contributed by atoms with E-state index in [1.165, 1.54) is 29.3 Å². The Hall–Kier alpha value is -2.93. The number of benzene rings is 3. The smallest absolute Gasteiger partial charge is 0.245 e. The van der Waals surface area contributed by atoms with Crippen molar-refractivity contribution in [2.24, 2.45) is 0 Å². The average molecular weight is 398 g/mol. The van der Waals surface area contributed by atoms with E-state index in [9.17, 15) is 17.6 Å². The van der Waals surface area contributed by atoms with E-state index in [-0.39, 0.29) is 5.69 Å². The van der Waals surface area contributed by atoms with Gasteiger partial charge in [-0.15, -0.1) is 0 Å². The summed E-state index contributed by atoms with van der Waals surface area (Å²) in [6.45, 7) is -0.439. The summed E-state index contributed by atoms with van der Waals surface area (Å²) in [5.41, 5.74) is 3.25. The van der Waals surface area contributed by atoms with E-state index in [4.69, 9.17) is 0 Å². The second-order valence-corrected chi connectivity index (χ2v) is 8.82. The molecule has 144 valence electrons. The third kappa shape index (κ3) is 3.45. The van der Waals surface area contributed by atoms with Crippen LogP contribution >= 0.6 is 0 Å². The Bertz CT molecular complexity index is 1180. The molecule has 0 fully saturated rings. The number of hydrogen-bond acceptors (Lipinski definition) is 3. The summed E-state index contributed by atoms with van der Waals surface area (Å²) in [4.78, 5) is 12.6. The van der Waals surface area contributed by atoms with Crippen LogP contribution in [0.15, 0.2) is 54.6 Å². The van der Waals surface area contributed by atoms with Gasteiger partial charge in [-0.05, 0) is 53.6 Å². The molecule has 1 N–H and O–H groups in total. The minimum Gasteiger partial charge on any atom is -0.324 e. The van der Waals surface area contributed by atoms with Gasteiger partial charge in [0.2, 0.25) is 15.9 Å². The maximum Gasteiger partial charge on any atom is 0.245 e. The zero-order chi connectivity index (χ0) is 19.9. The molecule has 1 aliphatic rings. The average Bonchev–Trinajstić information content (AvgIpc) is 3.06. The highest BCUT2D eigenvalue weighted by atomic mass is 32.2. The van der Waals surface area contributed by atoms with Crippen LogP contribution in [-0.2, 0) is 27.7 Å². The van der Waals surface area contributed by atoms with Gasteiger partial charge in [0.15, 0.2) is 0 Å². The van der Waals surface area contributed by atoms with Gasteiger partial charge < -0.3 is 5.32 Å². The van der Waals surface area contributed by atoms with Gasteiger partial charge in [0.1, 0.15) is 12.4 Å². The largest absolute Gasteiger partial charge is 0.324 e. The zero-order valence-corrected chi connectivity index (χ0v) is 16.1. The predicted octanol–water partition coefficient (Wildman–Crippen LogP) is 3.48. The van der Waals surface area contributed by atoms with Crippen LogP contribution in [0.5, 0.6) is 0 Å². The van der Waals surface area contributed by atoms with Crippen molar-refractivity contribution in [2.75, 3.05) is 22.4 Å². The van der Waals surface area contributed by atoms with Crippen LogP contribution in [0.25, 0.3) is 10.8 Å². The first-order valence-corrected chi connectivity index (χ1v) is 10.7. The van der Waals surface area contributed by atoms with Crippen molar-refractivity contribution in [3.63, 3.8) is 0 Å². The molecule has 0 heterocycles. The van der Waals surface area contributed by atoms with Crippen molar-refractivity contribution in [1.82, 2.24) is 0 Å². The fourth-order valence-electron chi connectivity index (χ4n) is 3.71. The van der Waals surface area contributed by atoms with Crippen LogP contribution in [0.4, 0.5) is 15.8 Å². The number of amides is 1. The van der Waals surface area contributed by atoms with Gasteiger partial charge in [-0.3, -0.25) is 9.10 Å². The summed E-state index contributed by atoms with van der Waals surface area (Å²) < 4.78 is 38.8. The highest BCUT2D eigenvalue weighted by molar-refractivity contribution is 7.92. The quantitative estimate of drug-likeness (QED) is 0.716. The Morgan fingerprint density at radius 2 is 1.79 bits per heavy atom. The number of carbonyl (C=O) groups excluding carboxylic acids is 1. The third-order valence-electron chi connectivity index (χ3n) is 4.93. The van der Waals surface area contributed by atoms with Crippen LogP contribution in [0.2, 0.25) is 0 Å². The number of anilines is 2. The van der Waals surface area contributed by atoms with Crippen molar-refractivity contribution >= 4 is 38.1 Å². The van der Waals surface area contributed by atoms with E-state index in [0.717, 1.165) is 40.2 Å². The molecule has 0 spiro atoms. The normalized spacial score (nSPS) is 12.9. The van der Waals surface area contributed by atoms with Crippen molar-refractivity contribution in [2.45, 2.75) is 12.8 Å². The molecule has 0 saturated heterocycles. The summed E-state index contributed by atoms with van der Waals surface area (Å²) >= 11 is 0. The molecular weight excluding hydrogens is 379 g/mol. The van der Waals surface area contributed by atoms with E-state index in [0.29, 0.717) is 5.69 Å². The molecule has 0 unspecified atom stereocenters. The molecule has 0 aliphatic heterocycles. The highest BCUT2D eigenvalue weighted by Crippen LogP contribution is 2.35. The van der Waals surface area contributed by atoms with Crippen molar-refractivity contribution in [1.29, 1.82) is 0 Å². The van der Waals surface area contributed by atoms with Crippen molar-refractivity contribution in [3.05, 3.63) is 71.5 Å². The number of hydrogen-bond donors (Lipinski definition) is 1. The molecule has 1 aliphatic carbocycles. The van der Waals surface area contributed by atoms with E-state index in [1.54, 1.807) is 0 Å². The molecule has 0 atom stereocenters. The van der Waals surface area contributed by atoms with E-state index in [1.807, 2.05) is 24.3 Å². The molecule has 1 amide bonds. The fourth-order valence-corrected chi connectivity index (χ4v) is 4.56. The van der Waals surface area contributed by atoms with Crippen LogP contribution < -0.4 is 9.62 Å². The lowest BCUT2D eigenvalue weighted by Crippen LogP contribution is -2.37. The minimum atomic E-state index is -3.76. The molecule has 0 bridgehead atoms. The number of aryl methyl sites for hydroxylation is 2. The molecule has 0 radical (unpaired) electrons. The third-order valence-corrected chi connectivity index (χ3v) is 6.08. The minimum absolute atomic E-state index is 0.109. The molecule has 0 saturated carbocycles. The summed E-state index contributed by atoms with van der Waals surface area (Å²) in [6.07, 6.45) is 2.95. The van der Waals surface area contributed by atoms with Gasteiger partial charge in [0, 0.05) is 11.1 Å². The monoisotopic (exact) mass is 398 g/mol. The van der Waals surface area contributed by atoms with E-state index in [2.05, 4.69) is 11.4 Å². The molecule has 3 aromatic carbocycles. The van der Waals surface area contributed by atoms with Crippen LogP contribution in [0.1, 0.15) is 11.1 Å². The predicted molar refractivity (Wildman–Crippen MR) is 109 cm³/mol. The van der Waals surface area contributed by atoms with Gasteiger partial charge in [0.05, 0.1) is 11.9 Å². The molecular formula is C21H19FN2O3S. The highest BCUT2D eigenvalue weighted by Gasteiger charge is 2.22. The lowest BCUT2D eigenvalue weighted by atomic mass is 10.0. The maximum atomic E-state index is 13.5. The van der Waals surface area contributed by atoms with Gasteiger partial charge in [-0.1, -0.05) is 30.3 Å². The number of nitrogens with one attached hydrogen (secondary N) is 1. The van der Waals surface area contributed by atoms with Gasteiger partial charge in [-0.25, -0.2) is 12.8 Å². The number of rotatable bonds is 5. The number of sulfonamides is 1. The van der Waals surface area contributed by atoms with Gasteiger partial charge in [-0.2, -0.15) is 0 Å². The Balaban J connectivity index is 1.63. The molecule has 7 heteroatoms. The summed E-state index contributed by atoms with van der Waals surface area (Å²) in [7, 11) is -3.76. The Labute approximate surface area is 162 Å².